The Kier molecular flexibility index (Phi) is 4.66. The fraction of sp³-hybridized carbons (Fsp3) is 0.765. The molecule has 0 aromatic heterocycles. The highest BCUT2D eigenvalue weighted by molar-refractivity contribution is 5.29. The molecule has 0 aromatic rings. The van der Waals surface area contributed by atoms with E-state index in [2.05, 4.69) is 32.1 Å². The van der Waals surface area contributed by atoms with Gasteiger partial charge in [-0.05, 0) is 37.2 Å². The molecule has 0 aromatic carbocycles. The molecule has 102 valence electrons. The SMILES string of the molecule is CCCCC(O)C1(C)C=CC(C2CCCC2)=CC1. The van der Waals surface area contributed by atoms with Crippen molar-refractivity contribution < 1.29 is 5.11 Å². The lowest BCUT2D eigenvalue weighted by Gasteiger charge is -2.34. The predicted octanol–water partition coefficient (Wildman–Crippen LogP) is 4.62. The zero-order chi connectivity index (χ0) is 13.0. The first-order valence-corrected chi connectivity index (χ1v) is 7.73. The van der Waals surface area contributed by atoms with Gasteiger partial charge < -0.3 is 5.11 Å². The summed E-state index contributed by atoms with van der Waals surface area (Å²) in [5.41, 5.74) is 1.50. The van der Waals surface area contributed by atoms with Gasteiger partial charge in [0.05, 0.1) is 6.10 Å². The molecule has 2 aliphatic rings. The first-order chi connectivity index (χ1) is 8.65. The van der Waals surface area contributed by atoms with Crippen molar-refractivity contribution in [1.29, 1.82) is 0 Å². The van der Waals surface area contributed by atoms with Crippen LogP contribution in [0.5, 0.6) is 0 Å². The summed E-state index contributed by atoms with van der Waals surface area (Å²) in [4.78, 5) is 0. The smallest absolute Gasteiger partial charge is 0.0631 e. The summed E-state index contributed by atoms with van der Waals surface area (Å²) < 4.78 is 0. The van der Waals surface area contributed by atoms with E-state index in [4.69, 9.17) is 0 Å². The number of allylic oxidation sites excluding steroid dienone is 3. The number of aliphatic hydroxyl groups excluding tert-OH is 1. The number of aliphatic hydroxyl groups is 1. The first kappa shape index (κ1) is 13.9. The van der Waals surface area contributed by atoms with Crippen molar-refractivity contribution in [2.45, 2.75) is 71.3 Å². The molecule has 2 aliphatic carbocycles. The first-order valence-electron chi connectivity index (χ1n) is 7.73. The molecule has 0 saturated heterocycles. The average molecular weight is 248 g/mol. The fourth-order valence-electron chi connectivity index (χ4n) is 3.30. The molecule has 0 aliphatic heterocycles. The Morgan fingerprint density at radius 1 is 1.39 bits per heavy atom. The maximum Gasteiger partial charge on any atom is 0.0631 e. The molecule has 18 heavy (non-hydrogen) atoms. The molecule has 0 amide bonds. The Balaban J connectivity index is 1.93. The topological polar surface area (TPSA) is 20.2 Å². The number of unbranched alkanes of at least 4 members (excludes halogenated alkanes) is 1. The number of rotatable bonds is 5. The van der Waals surface area contributed by atoms with Crippen LogP contribution < -0.4 is 0 Å². The Labute approximate surface area is 112 Å². The zero-order valence-electron chi connectivity index (χ0n) is 12.0. The van der Waals surface area contributed by atoms with Gasteiger partial charge in [-0.1, -0.05) is 57.8 Å². The molecule has 1 N–H and O–H groups in total. The van der Waals surface area contributed by atoms with Crippen LogP contribution >= 0.6 is 0 Å². The van der Waals surface area contributed by atoms with Gasteiger partial charge in [-0.15, -0.1) is 0 Å². The van der Waals surface area contributed by atoms with Crippen LogP contribution in [-0.2, 0) is 0 Å². The minimum Gasteiger partial charge on any atom is -0.392 e. The van der Waals surface area contributed by atoms with Crippen LogP contribution in [0, 0.1) is 11.3 Å². The third-order valence-corrected chi connectivity index (χ3v) is 4.85. The summed E-state index contributed by atoms with van der Waals surface area (Å²) in [7, 11) is 0. The van der Waals surface area contributed by atoms with Crippen molar-refractivity contribution >= 4 is 0 Å². The normalized spacial score (nSPS) is 30.5. The number of hydrogen-bond donors (Lipinski definition) is 1. The van der Waals surface area contributed by atoms with E-state index in [-0.39, 0.29) is 11.5 Å². The molecule has 1 fully saturated rings. The van der Waals surface area contributed by atoms with Gasteiger partial charge in [0.25, 0.3) is 0 Å². The van der Waals surface area contributed by atoms with Gasteiger partial charge in [-0.25, -0.2) is 0 Å². The lowest BCUT2D eigenvalue weighted by Crippen LogP contribution is -2.31. The average Bonchev–Trinajstić information content (AvgIpc) is 2.90. The zero-order valence-corrected chi connectivity index (χ0v) is 12.0. The molecular formula is C17H28O. The van der Waals surface area contributed by atoms with Crippen LogP contribution in [0.4, 0.5) is 0 Å². The monoisotopic (exact) mass is 248 g/mol. The molecule has 2 rings (SSSR count). The van der Waals surface area contributed by atoms with Crippen molar-refractivity contribution in [2.75, 3.05) is 0 Å². The van der Waals surface area contributed by atoms with Gasteiger partial charge in [0.15, 0.2) is 0 Å². The maximum atomic E-state index is 10.3. The van der Waals surface area contributed by atoms with Gasteiger partial charge in [-0.2, -0.15) is 0 Å². The standard InChI is InChI=1S/C17H28O/c1-3-4-9-16(18)17(2)12-10-15(11-13-17)14-7-5-6-8-14/h10-12,14,16,18H,3-9,13H2,1-2H3. The van der Waals surface area contributed by atoms with Gasteiger partial charge in [0, 0.05) is 5.41 Å². The summed E-state index contributed by atoms with van der Waals surface area (Å²) >= 11 is 0. The van der Waals surface area contributed by atoms with E-state index in [1.807, 2.05) is 0 Å². The highest BCUT2D eigenvalue weighted by atomic mass is 16.3. The van der Waals surface area contributed by atoms with Crippen molar-refractivity contribution in [2.24, 2.45) is 11.3 Å². The van der Waals surface area contributed by atoms with E-state index in [0.717, 1.165) is 25.2 Å². The van der Waals surface area contributed by atoms with Crippen LogP contribution in [0.15, 0.2) is 23.8 Å². The van der Waals surface area contributed by atoms with Crippen molar-refractivity contribution in [3.8, 4) is 0 Å². The Hall–Kier alpha value is -0.560. The second-order valence-corrected chi connectivity index (χ2v) is 6.39. The molecule has 0 bridgehead atoms. The van der Waals surface area contributed by atoms with Crippen LogP contribution in [0.1, 0.15) is 65.2 Å². The van der Waals surface area contributed by atoms with E-state index in [1.165, 1.54) is 37.7 Å². The summed E-state index contributed by atoms with van der Waals surface area (Å²) in [5, 5.41) is 10.3. The van der Waals surface area contributed by atoms with Gasteiger partial charge in [0.2, 0.25) is 0 Å². The second kappa shape index (κ2) is 6.06. The summed E-state index contributed by atoms with van der Waals surface area (Å²) in [6.45, 7) is 4.38. The van der Waals surface area contributed by atoms with Crippen LogP contribution in [0.25, 0.3) is 0 Å². The molecule has 0 spiro atoms. The number of hydrogen-bond acceptors (Lipinski definition) is 1. The van der Waals surface area contributed by atoms with Crippen molar-refractivity contribution in [1.82, 2.24) is 0 Å². The van der Waals surface area contributed by atoms with Crippen LogP contribution in [0.3, 0.4) is 0 Å². The quantitative estimate of drug-likeness (QED) is 0.752. The van der Waals surface area contributed by atoms with Crippen LogP contribution in [-0.4, -0.2) is 11.2 Å². The summed E-state index contributed by atoms with van der Waals surface area (Å²) in [5.74, 6) is 0.804. The lowest BCUT2D eigenvalue weighted by atomic mass is 9.74. The summed E-state index contributed by atoms with van der Waals surface area (Å²) in [6.07, 6.45) is 16.6. The van der Waals surface area contributed by atoms with Gasteiger partial charge in [0.1, 0.15) is 0 Å². The third-order valence-electron chi connectivity index (χ3n) is 4.85. The lowest BCUT2D eigenvalue weighted by molar-refractivity contribution is 0.0611. The third kappa shape index (κ3) is 3.06. The minimum atomic E-state index is -0.185. The van der Waals surface area contributed by atoms with E-state index in [1.54, 1.807) is 0 Å². The van der Waals surface area contributed by atoms with Gasteiger partial charge >= 0.3 is 0 Å². The molecule has 0 heterocycles. The minimum absolute atomic E-state index is 0.0305. The molecule has 0 radical (unpaired) electrons. The van der Waals surface area contributed by atoms with Crippen molar-refractivity contribution in [3.05, 3.63) is 23.8 Å². The van der Waals surface area contributed by atoms with Crippen LogP contribution in [0.2, 0.25) is 0 Å². The van der Waals surface area contributed by atoms with E-state index < -0.39 is 0 Å². The Bertz CT molecular complexity index is 323. The van der Waals surface area contributed by atoms with E-state index in [0.29, 0.717) is 0 Å². The fourth-order valence-corrected chi connectivity index (χ4v) is 3.30. The maximum absolute atomic E-state index is 10.3. The highest BCUT2D eigenvalue weighted by Crippen LogP contribution is 2.40. The van der Waals surface area contributed by atoms with E-state index in [9.17, 15) is 5.11 Å². The molecule has 2 atom stereocenters. The predicted molar refractivity (Wildman–Crippen MR) is 77.4 cm³/mol. The molecule has 2 unspecified atom stereocenters. The molecule has 1 saturated carbocycles. The largest absolute Gasteiger partial charge is 0.392 e. The van der Waals surface area contributed by atoms with Crippen molar-refractivity contribution in [3.63, 3.8) is 0 Å². The molecular weight excluding hydrogens is 220 g/mol. The Morgan fingerprint density at radius 3 is 2.67 bits per heavy atom. The highest BCUT2D eigenvalue weighted by Gasteiger charge is 2.32. The van der Waals surface area contributed by atoms with Gasteiger partial charge in [-0.3, -0.25) is 0 Å². The Morgan fingerprint density at radius 2 is 2.11 bits per heavy atom. The molecule has 1 nitrogen and oxygen atoms in total. The summed E-state index contributed by atoms with van der Waals surface area (Å²) in [6, 6.07) is 0. The molecule has 1 heteroatoms. The second-order valence-electron chi connectivity index (χ2n) is 6.39. The van der Waals surface area contributed by atoms with E-state index >= 15 is 0 Å².